The third-order valence-corrected chi connectivity index (χ3v) is 1.06. The Hall–Kier alpha value is -2.31. The van der Waals surface area contributed by atoms with Crippen LogP contribution in [0.1, 0.15) is 0 Å². The van der Waals surface area contributed by atoms with Crippen LogP contribution in [0.2, 0.25) is 0 Å². The van der Waals surface area contributed by atoms with Crippen molar-refractivity contribution in [3.05, 3.63) is 34.4 Å². The Morgan fingerprint density at radius 3 is 1.86 bits per heavy atom. The second kappa shape index (κ2) is 5.36. The van der Waals surface area contributed by atoms with Gasteiger partial charge in [-0.1, -0.05) is 0 Å². The highest BCUT2D eigenvalue weighted by atomic mass is 16.6. The van der Waals surface area contributed by atoms with E-state index in [0.29, 0.717) is 0 Å². The number of hydrogen-bond donors (Lipinski definition) is 1. The zero-order valence-corrected chi connectivity index (χ0v) is 6.75. The van der Waals surface area contributed by atoms with Crippen molar-refractivity contribution >= 4 is 11.8 Å². The molecule has 0 amide bonds. The van der Waals surface area contributed by atoms with Crippen molar-refractivity contribution < 1.29 is 25.0 Å². The maximum absolute atomic E-state index is 10.0. The van der Waals surface area contributed by atoms with Crippen LogP contribution in [0.15, 0.2) is 24.3 Å². The summed E-state index contributed by atoms with van der Waals surface area (Å²) in [5.74, 6) is 0.0330. The van der Waals surface area contributed by atoms with E-state index >= 15 is 0 Å². The summed E-state index contributed by atoms with van der Waals surface area (Å²) in [5, 5.41) is 35.4. The summed E-state index contributed by atoms with van der Waals surface area (Å²) in [7, 11) is 0. The first-order valence-electron chi connectivity index (χ1n) is 3.25. The smallest absolute Gasteiger partial charge is 0.269 e. The van der Waals surface area contributed by atoms with Gasteiger partial charge in [-0.15, -0.1) is 0 Å². The Morgan fingerprint density at radius 1 is 1.21 bits per heavy atom. The van der Waals surface area contributed by atoms with E-state index in [9.17, 15) is 10.1 Å². The van der Waals surface area contributed by atoms with Gasteiger partial charge in [0.25, 0.3) is 5.69 Å². The minimum Gasteiger partial charge on any atom is -0.652 e. The van der Waals surface area contributed by atoms with Crippen molar-refractivity contribution in [2.24, 2.45) is 0 Å². The second-order valence-corrected chi connectivity index (χ2v) is 2.02. The van der Waals surface area contributed by atoms with E-state index in [2.05, 4.69) is 0 Å². The zero-order chi connectivity index (χ0) is 11.1. The lowest BCUT2D eigenvalue weighted by Crippen LogP contribution is -2.37. The molecule has 0 unspecified atom stereocenters. The Morgan fingerprint density at radius 2 is 1.57 bits per heavy atom. The molecule has 0 aliphatic rings. The number of nitrogens with zero attached hydrogens (tertiary/aromatic N) is 1. The van der Waals surface area contributed by atoms with E-state index in [1.165, 1.54) is 24.3 Å². The Labute approximate surface area is 78.0 Å². The van der Waals surface area contributed by atoms with Crippen LogP contribution in [0.25, 0.3) is 0 Å². The molecule has 0 saturated heterocycles. The molecule has 0 aromatic heterocycles. The molecule has 0 bridgehead atoms. The highest BCUT2D eigenvalue weighted by Crippen LogP contribution is 2.14. The summed E-state index contributed by atoms with van der Waals surface area (Å²) in [5.41, 5.74) is -0.0159. The van der Waals surface area contributed by atoms with E-state index < -0.39 is 11.1 Å². The van der Waals surface area contributed by atoms with Gasteiger partial charge in [0.1, 0.15) is 5.75 Å². The molecule has 1 aromatic carbocycles. The normalized spacial score (nSPS) is 8.29. The van der Waals surface area contributed by atoms with Gasteiger partial charge in [-0.05, 0) is 18.3 Å². The lowest BCUT2D eigenvalue weighted by atomic mass is 10.3. The summed E-state index contributed by atoms with van der Waals surface area (Å²) < 4.78 is 0. The van der Waals surface area contributed by atoms with Gasteiger partial charge in [-0.25, -0.2) is 0 Å². The van der Waals surface area contributed by atoms with Crippen LogP contribution in [0, 0.1) is 10.1 Å². The van der Waals surface area contributed by atoms with Crippen LogP contribution in [0.3, 0.4) is 0 Å². The first-order chi connectivity index (χ1) is 6.43. The number of nitro groups is 1. The van der Waals surface area contributed by atoms with Crippen molar-refractivity contribution in [3.8, 4) is 5.75 Å². The SMILES string of the molecule is O=C([O-])[O-].O=[N+]([O-])c1ccc(O)cc1. The average molecular weight is 199 g/mol. The van der Waals surface area contributed by atoms with Gasteiger partial charge in [0, 0.05) is 12.1 Å². The fourth-order valence-electron chi connectivity index (χ4n) is 0.574. The molecule has 0 fully saturated rings. The molecule has 0 saturated carbocycles. The van der Waals surface area contributed by atoms with E-state index in [1.54, 1.807) is 0 Å². The molecule has 0 atom stereocenters. The van der Waals surface area contributed by atoms with Crippen LogP contribution in [-0.2, 0) is 0 Å². The number of carboxylic acid groups (broad SMARTS) is 2. The number of hydrogen-bond acceptors (Lipinski definition) is 6. The third kappa shape index (κ3) is 5.35. The van der Waals surface area contributed by atoms with E-state index in [0.717, 1.165) is 0 Å². The molecule has 0 aliphatic carbocycles. The second-order valence-electron chi connectivity index (χ2n) is 2.02. The molecule has 1 rings (SSSR count). The quantitative estimate of drug-likeness (QED) is 0.449. The van der Waals surface area contributed by atoms with Crippen LogP contribution >= 0.6 is 0 Å². The third-order valence-electron chi connectivity index (χ3n) is 1.06. The molecular weight excluding hydrogens is 194 g/mol. The molecular formula is C7H5NO6-2. The number of rotatable bonds is 1. The van der Waals surface area contributed by atoms with E-state index in [-0.39, 0.29) is 11.4 Å². The lowest BCUT2D eigenvalue weighted by Gasteiger charge is -1.96. The summed E-state index contributed by atoms with van der Waals surface area (Å²) >= 11 is 0. The first-order valence-corrected chi connectivity index (χ1v) is 3.25. The van der Waals surface area contributed by atoms with Crippen molar-refractivity contribution in [1.29, 1.82) is 0 Å². The molecule has 0 radical (unpaired) electrons. The van der Waals surface area contributed by atoms with E-state index in [1.807, 2.05) is 0 Å². The molecule has 0 spiro atoms. The van der Waals surface area contributed by atoms with Gasteiger partial charge in [-0.3, -0.25) is 10.1 Å². The van der Waals surface area contributed by atoms with Crippen molar-refractivity contribution in [1.82, 2.24) is 0 Å². The molecule has 7 heteroatoms. The summed E-state index contributed by atoms with van der Waals surface area (Å²) in [6.07, 6.45) is -2.33. The van der Waals surface area contributed by atoms with Gasteiger partial charge in [0.2, 0.25) is 0 Å². The van der Waals surface area contributed by atoms with Gasteiger partial charge >= 0.3 is 0 Å². The Balaban J connectivity index is 0.000000364. The highest BCUT2D eigenvalue weighted by molar-refractivity contribution is 5.47. The average Bonchev–Trinajstić information content (AvgIpc) is 2.03. The van der Waals surface area contributed by atoms with Gasteiger partial charge in [0.15, 0.2) is 0 Å². The fourth-order valence-corrected chi connectivity index (χ4v) is 0.574. The van der Waals surface area contributed by atoms with Crippen LogP contribution in [0.4, 0.5) is 10.5 Å². The number of benzene rings is 1. The lowest BCUT2D eigenvalue weighted by molar-refractivity contribution is -0.415. The van der Waals surface area contributed by atoms with E-state index in [4.69, 9.17) is 20.1 Å². The number of carbonyl (C=O) groups is 1. The standard InChI is InChI=1S/C6H5NO3.CH2O3/c8-6-3-1-5(2-4-6)7(9)10;2-1(3)4/h1-4,8H;(H2,2,3,4)/p-2. The molecule has 1 N–H and O–H groups in total. The maximum Gasteiger partial charge on any atom is 0.269 e. The van der Waals surface area contributed by atoms with Gasteiger partial charge in [0.05, 0.1) is 4.92 Å². The van der Waals surface area contributed by atoms with Gasteiger partial charge < -0.3 is 20.1 Å². The molecule has 0 aliphatic heterocycles. The molecule has 14 heavy (non-hydrogen) atoms. The van der Waals surface area contributed by atoms with Crippen molar-refractivity contribution in [2.45, 2.75) is 0 Å². The summed E-state index contributed by atoms with van der Waals surface area (Å²) in [6.45, 7) is 0. The number of carbonyl (C=O) groups excluding carboxylic acids is 1. The van der Waals surface area contributed by atoms with Crippen LogP contribution in [0.5, 0.6) is 5.75 Å². The Kier molecular flexibility index (Phi) is 4.47. The van der Waals surface area contributed by atoms with Crippen LogP contribution < -0.4 is 10.2 Å². The molecule has 7 nitrogen and oxygen atoms in total. The maximum atomic E-state index is 10.0. The summed E-state index contributed by atoms with van der Waals surface area (Å²) in [6, 6.07) is 5.04. The van der Waals surface area contributed by atoms with Crippen molar-refractivity contribution in [2.75, 3.05) is 0 Å². The van der Waals surface area contributed by atoms with Gasteiger partial charge in [-0.2, -0.15) is 0 Å². The molecule has 76 valence electrons. The number of aromatic hydroxyl groups is 1. The minimum absolute atomic E-state index is 0.0159. The number of nitro benzene ring substituents is 1. The largest absolute Gasteiger partial charge is 0.652 e. The van der Waals surface area contributed by atoms with Crippen molar-refractivity contribution in [3.63, 3.8) is 0 Å². The van der Waals surface area contributed by atoms with Crippen LogP contribution in [-0.4, -0.2) is 16.2 Å². The Bertz CT molecular complexity index is 315. The first kappa shape index (κ1) is 11.7. The fraction of sp³-hybridized carbons (Fsp3) is 0. The predicted molar refractivity (Wildman–Crippen MR) is 40.2 cm³/mol. The molecule has 0 heterocycles. The topological polar surface area (TPSA) is 127 Å². The highest BCUT2D eigenvalue weighted by Gasteiger charge is 2.01. The number of phenolic OH excluding ortho intramolecular Hbond substituents is 1. The zero-order valence-electron chi connectivity index (χ0n) is 6.75. The number of phenols is 1. The summed E-state index contributed by atoms with van der Waals surface area (Å²) in [4.78, 5) is 17.9. The molecule has 1 aromatic rings. The minimum atomic E-state index is -2.33. The number of non-ortho nitro benzene ring substituents is 1. The monoisotopic (exact) mass is 199 g/mol. The predicted octanol–water partition coefficient (Wildman–Crippen LogP) is -1.15.